The number of rotatable bonds is 4. The van der Waals surface area contributed by atoms with Gasteiger partial charge in [0.1, 0.15) is 6.67 Å². The molecule has 0 saturated heterocycles. The zero-order valence-electron chi connectivity index (χ0n) is 8.79. The smallest absolute Gasteiger partial charge is 0.481 e. The van der Waals surface area contributed by atoms with Gasteiger partial charge in [-0.15, -0.1) is 13.2 Å². The molecule has 0 atom stereocenters. The Morgan fingerprint density at radius 1 is 1.50 bits per heavy atom. The monoisotopic (exact) mass is 268 g/mol. The Kier molecular flexibility index (Phi) is 3.94. The van der Waals surface area contributed by atoms with E-state index in [4.69, 9.17) is 10.8 Å². The SMILES string of the molecule is Nc1cc(CC(=O)O)nc(OC(F)(F)F)c1CF. The van der Waals surface area contributed by atoms with Crippen LogP contribution < -0.4 is 10.5 Å². The van der Waals surface area contributed by atoms with Gasteiger partial charge >= 0.3 is 12.3 Å². The minimum atomic E-state index is -5.06. The first-order chi connectivity index (χ1) is 8.23. The fraction of sp³-hybridized carbons (Fsp3) is 0.333. The van der Waals surface area contributed by atoms with Gasteiger partial charge in [0.15, 0.2) is 0 Å². The van der Waals surface area contributed by atoms with Crippen LogP contribution in [0.2, 0.25) is 0 Å². The average Bonchev–Trinajstić information content (AvgIpc) is 2.13. The number of ether oxygens (including phenoxy) is 1. The molecule has 0 aliphatic heterocycles. The third-order valence-electron chi connectivity index (χ3n) is 1.85. The summed E-state index contributed by atoms with van der Waals surface area (Å²) in [4.78, 5) is 13.7. The van der Waals surface area contributed by atoms with Crippen LogP contribution in [0.4, 0.5) is 23.2 Å². The number of carboxylic acid groups (broad SMARTS) is 1. The van der Waals surface area contributed by atoms with E-state index in [-0.39, 0.29) is 11.4 Å². The van der Waals surface area contributed by atoms with E-state index in [1.54, 1.807) is 0 Å². The molecule has 1 rings (SSSR count). The van der Waals surface area contributed by atoms with E-state index in [1.807, 2.05) is 0 Å². The van der Waals surface area contributed by atoms with Crippen LogP contribution in [0, 0.1) is 0 Å². The van der Waals surface area contributed by atoms with Crippen molar-refractivity contribution in [1.82, 2.24) is 4.98 Å². The van der Waals surface area contributed by atoms with Gasteiger partial charge in [-0.05, 0) is 6.07 Å². The van der Waals surface area contributed by atoms with Crippen LogP contribution in [-0.2, 0) is 17.9 Å². The van der Waals surface area contributed by atoms with E-state index >= 15 is 0 Å². The van der Waals surface area contributed by atoms with Gasteiger partial charge in [-0.3, -0.25) is 4.79 Å². The number of pyridine rings is 1. The Labute approximate surface area is 98.2 Å². The molecule has 0 bridgehead atoms. The number of alkyl halides is 4. The third kappa shape index (κ3) is 3.75. The van der Waals surface area contributed by atoms with Crippen LogP contribution in [0.1, 0.15) is 11.3 Å². The fourth-order valence-corrected chi connectivity index (χ4v) is 1.19. The topological polar surface area (TPSA) is 85.4 Å². The minimum absolute atomic E-state index is 0.253. The van der Waals surface area contributed by atoms with Crippen molar-refractivity contribution in [2.75, 3.05) is 5.73 Å². The second kappa shape index (κ2) is 5.07. The lowest BCUT2D eigenvalue weighted by Gasteiger charge is -2.13. The Hall–Kier alpha value is -2.06. The number of carbonyl (C=O) groups is 1. The van der Waals surface area contributed by atoms with Crippen molar-refractivity contribution in [3.05, 3.63) is 17.3 Å². The summed E-state index contributed by atoms with van der Waals surface area (Å²) in [6, 6.07) is 0.992. The van der Waals surface area contributed by atoms with E-state index in [2.05, 4.69) is 9.72 Å². The van der Waals surface area contributed by atoms with Gasteiger partial charge in [-0.2, -0.15) is 0 Å². The van der Waals surface area contributed by atoms with Crippen molar-refractivity contribution in [3.8, 4) is 5.88 Å². The molecule has 0 aromatic carbocycles. The number of hydrogen-bond acceptors (Lipinski definition) is 4. The molecule has 0 unspecified atom stereocenters. The quantitative estimate of drug-likeness (QED) is 0.811. The van der Waals surface area contributed by atoms with Crippen LogP contribution in [-0.4, -0.2) is 22.4 Å². The number of aliphatic carboxylic acids is 1. The molecule has 3 N–H and O–H groups in total. The van der Waals surface area contributed by atoms with E-state index in [0.717, 1.165) is 6.07 Å². The molecule has 0 aliphatic rings. The third-order valence-corrected chi connectivity index (χ3v) is 1.85. The van der Waals surface area contributed by atoms with Crippen molar-refractivity contribution in [3.63, 3.8) is 0 Å². The zero-order chi connectivity index (χ0) is 13.9. The lowest BCUT2D eigenvalue weighted by molar-refractivity contribution is -0.276. The molecule has 0 saturated carbocycles. The van der Waals surface area contributed by atoms with Gasteiger partial charge < -0.3 is 15.6 Å². The zero-order valence-corrected chi connectivity index (χ0v) is 8.79. The van der Waals surface area contributed by atoms with Crippen LogP contribution in [0.15, 0.2) is 6.07 Å². The first-order valence-electron chi connectivity index (χ1n) is 4.54. The highest BCUT2D eigenvalue weighted by Gasteiger charge is 2.33. The largest absolute Gasteiger partial charge is 0.574 e. The molecule has 100 valence electrons. The molecular formula is C9H8F4N2O3. The Morgan fingerprint density at radius 2 is 2.11 bits per heavy atom. The van der Waals surface area contributed by atoms with E-state index < -0.39 is 36.9 Å². The van der Waals surface area contributed by atoms with Crippen molar-refractivity contribution in [2.45, 2.75) is 19.5 Å². The highest BCUT2D eigenvalue weighted by atomic mass is 19.4. The van der Waals surface area contributed by atoms with Crippen molar-refractivity contribution >= 4 is 11.7 Å². The number of nitrogens with two attached hydrogens (primary N) is 1. The van der Waals surface area contributed by atoms with E-state index in [0.29, 0.717) is 0 Å². The number of halogens is 4. The lowest BCUT2D eigenvalue weighted by Crippen LogP contribution is -2.20. The molecule has 0 amide bonds. The molecule has 1 heterocycles. The molecule has 1 aromatic heterocycles. The van der Waals surface area contributed by atoms with E-state index in [9.17, 15) is 22.4 Å². The van der Waals surface area contributed by atoms with Crippen molar-refractivity contribution in [1.29, 1.82) is 0 Å². The molecule has 5 nitrogen and oxygen atoms in total. The Balaban J connectivity index is 3.19. The predicted octanol–water partition coefficient (Wildman–Crippen LogP) is 1.66. The summed E-state index contributed by atoms with van der Waals surface area (Å²) in [6.45, 7) is -1.31. The molecule has 9 heteroatoms. The average molecular weight is 268 g/mol. The molecular weight excluding hydrogens is 260 g/mol. The van der Waals surface area contributed by atoms with Crippen LogP contribution in [0.25, 0.3) is 0 Å². The van der Waals surface area contributed by atoms with Crippen LogP contribution in [0.5, 0.6) is 5.88 Å². The van der Waals surface area contributed by atoms with Gasteiger partial charge in [0.2, 0.25) is 5.88 Å². The molecule has 1 aromatic rings. The van der Waals surface area contributed by atoms with Gasteiger partial charge in [0.05, 0.1) is 17.7 Å². The second-order valence-electron chi connectivity index (χ2n) is 3.24. The Bertz CT molecular complexity index is 462. The highest BCUT2D eigenvalue weighted by Crippen LogP contribution is 2.29. The molecule has 0 radical (unpaired) electrons. The standard InChI is InChI=1S/C9H8F4N2O3/c10-3-5-6(14)1-4(2-7(16)17)15-8(5)18-9(11,12)13/h1H,2-3H2,(H2,14,15)(H,16,17). The second-order valence-corrected chi connectivity index (χ2v) is 3.24. The first kappa shape index (κ1) is 14.0. The summed E-state index contributed by atoms with van der Waals surface area (Å²) in [5.41, 5.74) is 4.14. The maximum Gasteiger partial charge on any atom is 0.574 e. The summed E-state index contributed by atoms with van der Waals surface area (Å²) in [5.74, 6) is -2.38. The summed E-state index contributed by atoms with van der Waals surface area (Å²) in [5, 5.41) is 8.49. The van der Waals surface area contributed by atoms with Gasteiger partial charge in [-0.25, -0.2) is 9.37 Å². The van der Waals surface area contributed by atoms with Crippen molar-refractivity contribution < 1.29 is 32.2 Å². The summed E-state index contributed by atoms with van der Waals surface area (Å²) in [6.07, 6.45) is -5.71. The molecule has 0 spiro atoms. The Morgan fingerprint density at radius 3 is 2.56 bits per heavy atom. The lowest BCUT2D eigenvalue weighted by atomic mass is 10.2. The maximum atomic E-state index is 12.5. The highest BCUT2D eigenvalue weighted by molar-refractivity contribution is 5.70. The first-order valence-corrected chi connectivity index (χ1v) is 4.54. The number of nitrogens with zero attached hydrogens (tertiary/aromatic N) is 1. The van der Waals surface area contributed by atoms with Crippen molar-refractivity contribution in [2.24, 2.45) is 0 Å². The molecule has 0 aliphatic carbocycles. The van der Waals surface area contributed by atoms with Crippen LogP contribution in [0.3, 0.4) is 0 Å². The molecule has 0 fully saturated rings. The van der Waals surface area contributed by atoms with Gasteiger partial charge in [0.25, 0.3) is 0 Å². The molecule has 18 heavy (non-hydrogen) atoms. The number of nitrogen functional groups attached to an aromatic ring is 1. The predicted molar refractivity (Wildman–Crippen MR) is 51.5 cm³/mol. The normalized spacial score (nSPS) is 11.3. The van der Waals surface area contributed by atoms with Gasteiger partial charge in [0, 0.05) is 5.69 Å². The summed E-state index contributed by atoms with van der Waals surface area (Å²) < 4.78 is 52.2. The maximum absolute atomic E-state index is 12.5. The summed E-state index contributed by atoms with van der Waals surface area (Å²) >= 11 is 0. The van der Waals surface area contributed by atoms with Crippen LogP contribution >= 0.6 is 0 Å². The number of anilines is 1. The summed E-state index contributed by atoms with van der Waals surface area (Å²) in [7, 11) is 0. The number of aromatic nitrogens is 1. The fourth-order valence-electron chi connectivity index (χ4n) is 1.19. The number of carboxylic acids is 1. The minimum Gasteiger partial charge on any atom is -0.481 e. The van der Waals surface area contributed by atoms with Gasteiger partial charge in [-0.1, -0.05) is 0 Å². The number of hydrogen-bond donors (Lipinski definition) is 2. The van der Waals surface area contributed by atoms with E-state index in [1.165, 1.54) is 0 Å².